The Morgan fingerprint density at radius 3 is 2.17 bits per heavy atom. The maximum Gasteiger partial charge on any atom is 0.342 e. The summed E-state index contributed by atoms with van der Waals surface area (Å²) in [5.74, 6) is -6.35. The molecular formula is C20H14F2N2O6. The largest absolute Gasteiger partial charge is 0.483 e. The number of nitrogens with one attached hydrogen (secondary N) is 1. The van der Waals surface area contributed by atoms with Crippen molar-refractivity contribution in [2.75, 3.05) is 5.73 Å². The third-order valence-corrected chi connectivity index (χ3v) is 4.25. The molecule has 8 nitrogen and oxygen atoms in total. The van der Waals surface area contributed by atoms with Gasteiger partial charge in [-0.3, -0.25) is 4.79 Å². The fourth-order valence-corrected chi connectivity index (χ4v) is 2.98. The maximum absolute atomic E-state index is 13.8. The molecule has 0 radical (unpaired) electrons. The Balaban J connectivity index is 2.20. The van der Waals surface area contributed by atoms with Crippen molar-refractivity contribution in [2.45, 2.75) is 6.61 Å². The Bertz CT molecular complexity index is 1200. The normalized spacial score (nSPS) is 10.6. The molecule has 0 saturated carbocycles. The van der Waals surface area contributed by atoms with Crippen molar-refractivity contribution < 1.29 is 33.3 Å². The lowest BCUT2D eigenvalue weighted by Crippen LogP contribution is -2.24. The fourth-order valence-electron chi connectivity index (χ4n) is 2.98. The maximum atomic E-state index is 13.8. The number of aromatic amines is 1. The van der Waals surface area contributed by atoms with Crippen molar-refractivity contribution >= 4 is 17.8 Å². The zero-order valence-corrected chi connectivity index (χ0v) is 15.1. The van der Waals surface area contributed by atoms with Crippen LogP contribution in [0.15, 0.2) is 47.3 Å². The number of ether oxygens (including phenoxy) is 1. The van der Waals surface area contributed by atoms with Gasteiger partial charge in [0.05, 0.1) is 0 Å². The van der Waals surface area contributed by atoms with Gasteiger partial charge in [-0.1, -0.05) is 30.3 Å². The highest BCUT2D eigenvalue weighted by atomic mass is 19.1. The molecule has 0 bridgehead atoms. The number of nitrogen functional groups attached to an aromatic ring is 1. The second kappa shape index (κ2) is 8.03. The predicted molar refractivity (Wildman–Crippen MR) is 102 cm³/mol. The number of para-hydroxylation sites is 1. The number of rotatable bonds is 6. The Morgan fingerprint density at radius 2 is 1.57 bits per heavy atom. The van der Waals surface area contributed by atoms with Gasteiger partial charge in [-0.2, -0.15) is 0 Å². The summed E-state index contributed by atoms with van der Waals surface area (Å²) in [5, 5.41) is 19.0. The first-order valence-corrected chi connectivity index (χ1v) is 8.39. The monoisotopic (exact) mass is 416 g/mol. The average molecular weight is 416 g/mol. The molecule has 0 aliphatic rings. The van der Waals surface area contributed by atoms with Crippen LogP contribution in [0.5, 0.6) is 5.75 Å². The SMILES string of the molecule is Nc1[nH]c(=O)c(C(=O)O)c(-c2ccccc2COc2c(F)cccc2F)c1C(=O)O. The standard InChI is InChI=1S/C20H14F2N2O6/c21-11-6-3-7-12(22)16(11)30-8-9-4-1-2-5-10(9)13-14(19(26)27)17(23)24-18(25)15(13)20(28)29/h1-7H,8H2,(H,26,27)(H,28,29)(H3,23,24,25). The van der Waals surface area contributed by atoms with E-state index < -0.39 is 64.0 Å². The van der Waals surface area contributed by atoms with Gasteiger partial charge in [-0.05, 0) is 23.3 Å². The van der Waals surface area contributed by atoms with E-state index in [4.69, 9.17) is 10.5 Å². The lowest BCUT2D eigenvalue weighted by Gasteiger charge is -2.16. The molecule has 0 amide bonds. The van der Waals surface area contributed by atoms with E-state index in [1.807, 2.05) is 4.98 Å². The molecule has 3 rings (SSSR count). The van der Waals surface area contributed by atoms with Gasteiger partial charge in [0.15, 0.2) is 17.4 Å². The van der Waals surface area contributed by atoms with Crippen molar-refractivity contribution in [1.82, 2.24) is 4.98 Å². The van der Waals surface area contributed by atoms with Crippen LogP contribution in [0.4, 0.5) is 14.6 Å². The van der Waals surface area contributed by atoms with Crippen LogP contribution in [0.25, 0.3) is 11.1 Å². The number of carbonyl (C=O) groups is 2. The van der Waals surface area contributed by atoms with E-state index in [9.17, 15) is 33.4 Å². The zero-order chi connectivity index (χ0) is 22.0. The first-order valence-electron chi connectivity index (χ1n) is 8.39. The smallest absolute Gasteiger partial charge is 0.342 e. The van der Waals surface area contributed by atoms with E-state index >= 15 is 0 Å². The van der Waals surface area contributed by atoms with E-state index in [1.165, 1.54) is 24.3 Å². The molecule has 10 heteroatoms. The summed E-state index contributed by atoms with van der Waals surface area (Å²) in [6, 6.07) is 8.92. The lowest BCUT2D eigenvalue weighted by molar-refractivity contribution is 0.0695. The number of carboxylic acid groups (broad SMARTS) is 2. The number of aromatic carboxylic acids is 2. The van der Waals surface area contributed by atoms with Crippen molar-refractivity contribution in [3.63, 3.8) is 0 Å². The van der Waals surface area contributed by atoms with E-state index in [0.29, 0.717) is 0 Å². The molecule has 0 fully saturated rings. The summed E-state index contributed by atoms with van der Waals surface area (Å²) in [4.78, 5) is 37.6. The highest BCUT2D eigenvalue weighted by Crippen LogP contribution is 2.33. The van der Waals surface area contributed by atoms with E-state index in [-0.39, 0.29) is 11.1 Å². The van der Waals surface area contributed by atoms with Gasteiger partial charge in [0.1, 0.15) is 23.6 Å². The van der Waals surface area contributed by atoms with Crippen LogP contribution in [-0.4, -0.2) is 27.1 Å². The minimum absolute atomic E-state index is 0.00171. The molecule has 5 N–H and O–H groups in total. The summed E-state index contributed by atoms with van der Waals surface area (Å²) < 4.78 is 32.9. The predicted octanol–water partition coefficient (Wildman–Crippen LogP) is 2.88. The third-order valence-electron chi connectivity index (χ3n) is 4.25. The Kier molecular flexibility index (Phi) is 5.50. The van der Waals surface area contributed by atoms with Gasteiger partial charge < -0.3 is 25.7 Å². The van der Waals surface area contributed by atoms with E-state index in [2.05, 4.69) is 0 Å². The van der Waals surface area contributed by atoms with Crippen molar-refractivity contribution in [3.05, 3.63) is 81.1 Å². The van der Waals surface area contributed by atoms with Crippen LogP contribution in [0.3, 0.4) is 0 Å². The number of anilines is 1. The highest BCUT2D eigenvalue weighted by molar-refractivity contribution is 6.07. The molecule has 0 aliphatic heterocycles. The van der Waals surface area contributed by atoms with Crippen molar-refractivity contribution in [1.29, 1.82) is 0 Å². The van der Waals surface area contributed by atoms with E-state index in [1.54, 1.807) is 0 Å². The van der Waals surface area contributed by atoms with Crippen LogP contribution in [-0.2, 0) is 6.61 Å². The Morgan fingerprint density at radius 1 is 0.967 bits per heavy atom. The number of nitrogens with two attached hydrogens (primary N) is 1. The number of carboxylic acids is 2. The summed E-state index contributed by atoms with van der Waals surface area (Å²) >= 11 is 0. The van der Waals surface area contributed by atoms with Crippen LogP contribution < -0.4 is 16.0 Å². The molecule has 154 valence electrons. The summed E-state index contributed by atoms with van der Waals surface area (Å²) in [6.07, 6.45) is 0. The Labute approximate surface area is 167 Å². The second-order valence-electron chi connectivity index (χ2n) is 6.10. The zero-order valence-electron chi connectivity index (χ0n) is 15.1. The number of H-pyrrole nitrogens is 1. The van der Waals surface area contributed by atoms with Gasteiger partial charge in [-0.25, -0.2) is 18.4 Å². The molecule has 2 aromatic carbocycles. The quantitative estimate of drug-likeness (QED) is 0.484. The van der Waals surface area contributed by atoms with Crippen molar-refractivity contribution in [3.8, 4) is 16.9 Å². The molecule has 0 aliphatic carbocycles. The molecule has 0 atom stereocenters. The Hall–Kier alpha value is -4.21. The van der Waals surface area contributed by atoms with Gasteiger partial charge in [-0.15, -0.1) is 0 Å². The van der Waals surface area contributed by atoms with Gasteiger partial charge >= 0.3 is 11.9 Å². The third kappa shape index (κ3) is 3.70. The molecule has 0 unspecified atom stereocenters. The molecule has 30 heavy (non-hydrogen) atoms. The average Bonchev–Trinajstić information content (AvgIpc) is 2.66. The highest BCUT2D eigenvalue weighted by Gasteiger charge is 2.28. The number of benzene rings is 2. The van der Waals surface area contributed by atoms with E-state index in [0.717, 1.165) is 18.2 Å². The second-order valence-corrected chi connectivity index (χ2v) is 6.10. The molecule has 1 heterocycles. The number of pyridine rings is 1. The van der Waals surface area contributed by atoms with Crippen LogP contribution >= 0.6 is 0 Å². The molecule has 3 aromatic rings. The minimum atomic E-state index is -1.68. The molecule has 0 saturated heterocycles. The number of hydrogen-bond acceptors (Lipinski definition) is 5. The van der Waals surface area contributed by atoms with Gasteiger partial charge in [0, 0.05) is 5.56 Å². The van der Waals surface area contributed by atoms with Crippen LogP contribution in [0.2, 0.25) is 0 Å². The first-order chi connectivity index (χ1) is 14.2. The van der Waals surface area contributed by atoms with Crippen LogP contribution in [0, 0.1) is 11.6 Å². The lowest BCUT2D eigenvalue weighted by atomic mass is 9.92. The summed E-state index contributed by atoms with van der Waals surface area (Å²) in [7, 11) is 0. The van der Waals surface area contributed by atoms with Gasteiger partial charge in [0.2, 0.25) is 0 Å². The van der Waals surface area contributed by atoms with Crippen molar-refractivity contribution in [2.24, 2.45) is 0 Å². The first kappa shape index (κ1) is 20.5. The summed E-state index contributed by atoms with van der Waals surface area (Å²) in [6.45, 7) is -0.446. The summed E-state index contributed by atoms with van der Waals surface area (Å²) in [5.41, 5.74) is 2.79. The molecule has 0 spiro atoms. The number of hydrogen-bond donors (Lipinski definition) is 4. The molecule has 1 aromatic heterocycles. The van der Waals surface area contributed by atoms with Gasteiger partial charge in [0.25, 0.3) is 5.56 Å². The molecular weight excluding hydrogens is 402 g/mol. The number of halogens is 2. The fraction of sp³-hybridized carbons (Fsp3) is 0.0500. The minimum Gasteiger partial charge on any atom is -0.483 e. The number of aromatic nitrogens is 1. The van der Waals surface area contributed by atoms with Crippen LogP contribution in [0.1, 0.15) is 26.3 Å². The topological polar surface area (TPSA) is 143 Å².